The molecule has 0 amide bonds. The number of carboxylic acid groups (broad SMARTS) is 2. The van der Waals surface area contributed by atoms with Gasteiger partial charge in [0.1, 0.15) is 6.04 Å². The molecule has 1 atom stereocenters. The average molecular weight is 177 g/mol. The first-order valence-electron chi connectivity index (χ1n) is 3.39. The van der Waals surface area contributed by atoms with Gasteiger partial charge in [0, 0.05) is 6.54 Å². The number of aliphatic carboxylic acids is 2. The molecule has 0 fully saturated rings. The monoisotopic (exact) mass is 177 g/mol. The Balaban J connectivity index is 4.22. The summed E-state index contributed by atoms with van der Waals surface area (Å²) in [5.41, 5.74) is 0. The molecule has 0 saturated heterocycles. The second-order valence-electron chi connectivity index (χ2n) is 2.21. The smallest absolute Gasteiger partial charge is 0.323 e. The first-order chi connectivity index (χ1) is 5.49. The molecule has 0 radical (unpaired) electrons. The minimum Gasteiger partial charge on any atom is -0.481 e. The summed E-state index contributed by atoms with van der Waals surface area (Å²) in [4.78, 5) is 20.5. The zero-order valence-corrected chi connectivity index (χ0v) is 6.60. The zero-order valence-electron chi connectivity index (χ0n) is 6.60. The van der Waals surface area contributed by atoms with Crippen molar-refractivity contribution in [2.75, 3.05) is 6.54 Å². The topological polar surface area (TPSA) is 98.1 Å². The minimum absolute atomic E-state index is 0.0737. The molecule has 0 aromatic rings. The van der Waals surface area contributed by atoms with Gasteiger partial charge in [-0.3, -0.25) is 9.59 Å². The number of rotatable bonds is 5. The Morgan fingerprint density at radius 1 is 1.42 bits per heavy atom. The molecule has 0 aliphatic carbocycles. The Kier molecular flexibility index (Phi) is 4.24. The van der Waals surface area contributed by atoms with Crippen LogP contribution in [0.25, 0.3) is 0 Å². The van der Waals surface area contributed by atoms with Gasteiger partial charge in [0.25, 0.3) is 0 Å². The van der Waals surface area contributed by atoms with Crippen molar-refractivity contribution in [1.29, 1.82) is 0 Å². The first-order valence-corrected chi connectivity index (χ1v) is 3.39. The Hall–Kier alpha value is -1.14. The Labute approximate surface area is 69.0 Å². The Bertz CT molecular complexity index is 181. The molecule has 0 aliphatic heterocycles. The minimum atomic E-state index is -1.37. The standard InChI is InChI=1S/C6H11NO5/c1-2-7(12)4(6(10)11)3-5(8)9/h4,12H,2-3H2,1H3,(H,8,9)(H,10,11). The van der Waals surface area contributed by atoms with Crippen LogP contribution in [0.2, 0.25) is 0 Å². The van der Waals surface area contributed by atoms with Gasteiger partial charge < -0.3 is 15.4 Å². The molecule has 6 heteroatoms. The summed E-state index contributed by atoms with van der Waals surface area (Å²) in [6.45, 7) is 1.60. The van der Waals surface area contributed by atoms with Crippen LogP contribution in [-0.2, 0) is 9.59 Å². The van der Waals surface area contributed by atoms with E-state index in [1.165, 1.54) is 6.92 Å². The van der Waals surface area contributed by atoms with E-state index in [4.69, 9.17) is 15.4 Å². The third-order valence-electron chi connectivity index (χ3n) is 1.34. The molecule has 70 valence electrons. The fourth-order valence-corrected chi connectivity index (χ4v) is 0.706. The van der Waals surface area contributed by atoms with Crippen LogP contribution >= 0.6 is 0 Å². The van der Waals surface area contributed by atoms with Gasteiger partial charge in [-0.15, -0.1) is 0 Å². The first kappa shape index (κ1) is 10.9. The van der Waals surface area contributed by atoms with Crippen LogP contribution in [0.5, 0.6) is 0 Å². The Morgan fingerprint density at radius 2 is 1.92 bits per heavy atom. The summed E-state index contributed by atoms with van der Waals surface area (Å²) >= 11 is 0. The third-order valence-corrected chi connectivity index (χ3v) is 1.34. The molecule has 0 rings (SSSR count). The van der Waals surface area contributed by atoms with Crippen LogP contribution in [-0.4, -0.2) is 45.0 Å². The van der Waals surface area contributed by atoms with Crippen molar-refractivity contribution in [3.8, 4) is 0 Å². The van der Waals surface area contributed by atoms with Gasteiger partial charge in [0.05, 0.1) is 6.42 Å². The molecule has 0 heterocycles. The predicted molar refractivity (Wildman–Crippen MR) is 37.8 cm³/mol. The highest BCUT2D eigenvalue weighted by molar-refractivity contribution is 5.80. The number of nitrogens with zero attached hydrogens (tertiary/aromatic N) is 1. The lowest BCUT2D eigenvalue weighted by Crippen LogP contribution is -2.40. The highest BCUT2D eigenvalue weighted by atomic mass is 16.5. The average Bonchev–Trinajstić information content (AvgIpc) is 1.98. The van der Waals surface area contributed by atoms with Gasteiger partial charge in [0.2, 0.25) is 0 Å². The Morgan fingerprint density at radius 3 is 2.17 bits per heavy atom. The molecule has 1 unspecified atom stereocenters. The van der Waals surface area contributed by atoms with Crippen molar-refractivity contribution in [2.45, 2.75) is 19.4 Å². The van der Waals surface area contributed by atoms with E-state index in [-0.39, 0.29) is 6.54 Å². The molecular weight excluding hydrogens is 166 g/mol. The van der Waals surface area contributed by atoms with Gasteiger partial charge in [-0.2, -0.15) is 5.06 Å². The predicted octanol–water partition coefficient (Wildman–Crippen LogP) is -0.375. The third kappa shape index (κ3) is 3.31. The molecule has 6 nitrogen and oxygen atoms in total. The van der Waals surface area contributed by atoms with E-state index < -0.39 is 24.4 Å². The number of carbonyl (C=O) groups is 2. The van der Waals surface area contributed by atoms with Crippen molar-refractivity contribution in [3.05, 3.63) is 0 Å². The lowest BCUT2D eigenvalue weighted by molar-refractivity contribution is -0.174. The quantitative estimate of drug-likeness (QED) is 0.495. The van der Waals surface area contributed by atoms with Crippen LogP contribution in [0.4, 0.5) is 0 Å². The van der Waals surface area contributed by atoms with Gasteiger partial charge in [0.15, 0.2) is 0 Å². The van der Waals surface area contributed by atoms with Crippen molar-refractivity contribution < 1.29 is 25.0 Å². The number of hydrogen-bond donors (Lipinski definition) is 3. The highest BCUT2D eigenvalue weighted by Crippen LogP contribution is 2.01. The summed E-state index contributed by atoms with van der Waals surface area (Å²) in [7, 11) is 0. The van der Waals surface area contributed by atoms with Crippen LogP contribution in [0.3, 0.4) is 0 Å². The van der Waals surface area contributed by atoms with Crippen LogP contribution in [0, 0.1) is 0 Å². The van der Waals surface area contributed by atoms with Gasteiger partial charge >= 0.3 is 11.9 Å². The fraction of sp³-hybridized carbons (Fsp3) is 0.667. The lowest BCUT2D eigenvalue weighted by atomic mass is 10.2. The maximum absolute atomic E-state index is 10.4. The van der Waals surface area contributed by atoms with Crippen molar-refractivity contribution in [3.63, 3.8) is 0 Å². The molecule has 12 heavy (non-hydrogen) atoms. The highest BCUT2D eigenvalue weighted by Gasteiger charge is 2.25. The van der Waals surface area contributed by atoms with Crippen molar-refractivity contribution in [2.24, 2.45) is 0 Å². The molecule has 0 aromatic heterocycles. The maximum atomic E-state index is 10.4. The molecular formula is C6H11NO5. The summed E-state index contributed by atoms with van der Waals surface area (Å²) in [6.07, 6.45) is -0.611. The number of hydrogen-bond acceptors (Lipinski definition) is 4. The van der Waals surface area contributed by atoms with E-state index in [2.05, 4.69) is 0 Å². The number of likely N-dealkylation sites (N-methyl/N-ethyl adjacent to an activating group) is 1. The fourth-order valence-electron chi connectivity index (χ4n) is 0.706. The van der Waals surface area contributed by atoms with Crippen LogP contribution in [0.15, 0.2) is 0 Å². The van der Waals surface area contributed by atoms with Gasteiger partial charge in [-0.25, -0.2) is 0 Å². The summed E-state index contributed by atoms with van der Waals surface area (Å²) in [5, 5.41) is 26.1. The lowest BCUT2D eigenvalue weighted by Gasteiger charge is -2.18. The maximum Gasteiger partial charge on any atom is 0.323 e. The SMILES string of the molecule is CCN(O)C(CC(=O)O)C(=O)O. The zero-order chi connectivity index (χ0) is 9.72. The number of hydroxylamine groups is 2. The van der Waals surface area contributed by atoms with Crippen molar-refractivity contribution >= 4 is 11.9 Å². The molecule has 0 bridgehead atoms. The molecule has 0 aromatic carbocycles. The number of carboxylic acids is 2. The summed E-state index contributed by atoms with van der Waals surface area (Å²) in [6, 6.07) is -1.37. The molecule has 0 saturated carbocycles. The van der Waals surface area contributed by atoms with E-state index in [9.17, 15) is 9.59 Å². The summed E-state index contributed by atoms with van der Waals surface area (Å²) in [5.74, 6) is -2.60. The van der Waals surface area contributed by atoms with E-state index in [0.29, 0.717) is 5.06 Å². The second kappa shape index (κ2) is 4.68. The van der Waals surface area contributed by atoms with E-state index >= 15 is 0 Å². The largest absolute Gasteiger partial charge is 0.481 e. The van der Waals surface area contributed by atoms with Crippen LogP contribution < -0.4 is 0 Å². The molecule has 3 N–H and O–H groups in total. The summed E-state index contributed by atoms with van der Waals surface area (Å²) < 4.78 is 0. The van der Waals surface area contributed by atoms with Crippen molar-refractivity contribution in [1.82, 2.24) is 5.06 Å². The molecule has 0 aliphatic rings. The normalized spacial score (nSPS) is 12.9. The van der Waals surface area contributed by atoms with Gasteiger partial charge in [-0.05, 0) is 0 Å². The second-order valence-corrected chi connectivity index (χ2v) is 2.21. The van der Waals surface area contributed by atoms with Gasteiger partial charge in [-0.1, -0.05) is 6.92 Å². The van der Waals surface area contributed by atoms with E-state index in [1.807, 2.05) is 0 Å². The van der Waals surface area contributed by atoms with Crippen LogP contribution in [0.1, 0.15) is 13.3 Å². The van der Waals surface area contributed by atoms with E-state index in [1.54, 1.807) is 0 Å². The molecule has 0 spiro atoms. The van der Waals surface area contributed by atoms with E-state index in [0.717, 1.165) is 0 Å².